The first-order valence-electron chi connectivity index (χ1n) is 6.92. The number of hydrogen-bond donors (Lipinski definition) is 3. The summed E-state index contributed by atoms with van der Waals surface area (Å²) in [5.74, 6) is 1.28. The lowest BCUT2D eigenvalue weighted by Gasteiger charge is -2.11. The largest absolute Gasteiger partial charge is 0.454 e. The molecule has 2 aromatic rings. The van der Waals surface area contributed by atoms with Gasteiger partial charge in [0, 0.05) is 24.0 Å². The molecule has 2 aromatic carbocycles. The van der Waals surface area contributed by atoms with E-state index in [0.717, 1.165) is 5.56 Å². The van der Waals surface area contributed by atoms with Gasteiger partial charge < -0.3 is 25.2 Å². The molecule has 114 valence electrons. The Hall–Kier alpha value is -2.73. The molecule has 1 heterocycles. The van der Waals surface area contributed by atoms with Crippen LogP contribution in [0.5, 0.6) is 11.5 Å². The highest BCUT2D eigenvalue weighted by atomic mass is 16.7. The highest BCUT2D eigenvalue weighted by Crippen LogP contribution is 2.34. The van der Waals surface area contributed by atoms with Gasteiger partial charge in [-0.15, -0.1) is 0 Å². The summed E-state index contributed by atoms with van der Waals surface area (Å²) in [6.45, 7) is 0.224. The lowest BCUT2D eigenvalue weighted by atomic mass is 10.1. The Labute approximate surface area is 127 Å². The van der Waals surface area contributed by atoms with Gasteiger partial charge in [0.2, 0.25) is 6.79 Å². The summed E-state index contributed by atoms with van der Waals surface area (Å²) >= 11 is 0. The first-order chi connectivity index (χ1) is 10.8. The Kier molecular flexibility index (Phi) is 4.11. The molecule has 0 bridgehead atoms. The Morgan fingerprint density at radius 3 is 2.77 bits per heavy atom. The topological polar surface area (TPSA) is 79.8 Å². The summed E-state index contributed by atoms with van der Waals surface area (Å²) in [6.07, 6.45) is 0.487. The number of amides is 2. The van der Waals surface area contributed by atoms with E-state index in [1.807, 2.05) is 18.2 Å². The molecule has 3 N–H and O–H groups in total. The van der Waals surface area contributed by atoms with Crippen molar-refractivity contribution in [2.24, 2.45) is 0 Å². The zero-order valence-electron chi connectivity index (χ0n) is 11.8. The van der Waals surface area contributed by atoms with Crippen molar-refractivity contribution in [2.45, 2.75) is 6.42 Å². The summed E-state index contributed by atoms with van der Waals surface area (Å²) < 4.78 is 10.5. The third kappa shape index (κ3) is 3.12. The lowest BCUT2D eigenvalue weighted by molar-refractivity contribution is 0.174. The van der Waals surface area contributed by atoms with Crippen molar-refractivity contribution in [3.05, 3.63) is 48.0 Å². The molecule has 0 atom stereocenters. The zero-order chi connectivity index (χ0) is 15.4. The molecule has 3 rings (SSSR count). The molecule has 0 aromatic heterocycles. The smallest absolute Gasteiger partial charge is 0.323 e. The molecule has 0 spiro atoms. The predicted molar refractivity (Wildman–Crippen MR) is 82.4 cm³/mol. The second-order valence-electron chi connectivity index (χ2n) is 4.78. The second kappa shape index (κ2) is 6.36. The molecule has 1 aliphatic rings. The number of nitrogens with one attached hydrogen (secondary N) is 2. The number of aliphatic hydroxyl groups is 1. The molecule has 0 saturated heterocycles. The maximum atomic E-state index is 12.1. The first kappa shape index (κ1) is 14.2. The summed E-state index contributed by atoms with van der Waals surface area (Å²) in [6, 6.07) is 12.2. The monoisotopic (exact) mass is 300 g/mol. The van der Waals surface area contributed by atoms with Crippen LogP contribution < -0.4 is 20.1 Å². The van der Waals surface area contributed by atoms with Crippen LogP contribution in [0.1, 0.15) is 5.56 Å². The number of hydrogen-bond acceptors (Lipinski definition) is 4. The number of aliphatic hydroxyl groups excluding tert-OH is 1. The van der Waals surface area contributed by atoms with Gasteiger partial charge in [-0.3, -0.25) is 0 Å². The van der Waals surface area contributed by atoms with Gasteiger partial charge in [0.15, 0.2) is 11.5 Å². The molecule has 1 aliphatic heterocycles. The van der Waals surface area contributed by atoms with E-state index in [0.29, 0.717) is 29.3 Å². The molecule has 0 saturated carbocycles. The van der Waals surface area contributed by atoms with Gasteiger partial charge in [-0.25, -0.2) is 4.79 Å². The van der Waals surface area contributed by atoms with Gasteiger partial charge in [-0.05, 0) is 30.2 Å². The standard InChI is InChI=1S/C16H16N2O4/c19-8-7-11-3-1-2-4-13(11)18-16(20)17-12-5-6-14-15(9-12)22-10-21-14/h1-6,9,19H,7-8,10H2,(H2,17,18,20). The number of ether oxygens (including phenoxy) is 2. The maximum absolute atomic E-state index is 12.1. The van der Waals surface area contributed by atoms with E-state index < -0.39 is 0 Å². The zero-order valence-corrected chi connectivity index (χ0v) is 11.8. The number of carbonyl (C=O) groups is 1. The van der Waals surface area contributed by atoms with E-state index in [1.165, 1.54) is 0 Å². The lowest BCUT2D eigenvalue weighted by Crippen LogP contribution is -2.20. The summed E-state index contributed by atoms with van der Waals surface area (Å²) in [4.78, 5) is 12.1. The molecule has 2 amide bonds. The van der Waals surface area contributed by atoms with Crippen molar-refractivity contribution < 1.29 is 19.4 Å². The number of carbonyl (C=O) groups excluding carboxylic acids is 1. The fourth-order valence-corrected chi connectivity index (χ4v) is 2.24. The Morgan fingerprint density at radius 2 is 1.91 bits per heavy atom. The Balaban J connectivity index is 1.68. The fourth-order valence-electron chi connectivity index (χ4n) is 2.24. The average Bonchev–Trinajstić information content (AvgIpc) is 2.97. The van der Waals surface area contributed by atoms with E-state index in [2.05, 4.69) is 10.6 Å². The molecule has 0 radical (unpaired) electrons. The minimum absolute atomic E-state index is 0.0302. The predicted octanol–water partition coefficient (Wildman–Crippen LogP) is 2.59. The highest BCUT2D eigenvalue weighted by Gasteiger charge is 2.14. The third-order valence-electron chi connectivity index (χ3n) is 3.28. The molecular weight excluding hydrogens is 284 g/mol. The van der Waals surface area contributed by atoms with Gasteiger partial charge in [0.1, 0.15) is 0 Å². The number of urea groups is 1. The van der Waals surface area contributed by atoms with E-state index >= 15 is 0 Å². The average molecular weight is 300 g/mol. The van der Waals surface area contributed by atoms with Gasteiger partial charge >= 0.3 is 6.03 Å². The normalized spacial score (nSPS) is 12.0. The van der Waals surface area contributed by atoms with Crippen LogP contribution in [0.4, 0.5) is 16.2 Å². The van der Waals surface area contributed by atoms with E-state index in [-0.39, 0.29) is 19.4 Å². The van der Waals surface area contributed by atoms with Crippen molar-refractivity contribution in [2.75, 3.05) is 24.0 Å². The summed E-state index contributed by atoms with van der Waals surface area (Å²) in [5.41, 5.74) is 2.17. The summed E-state index contributed by atoms with van der Waals surface area (Å²) in [7, 11) is 0. The van der Waals surface area contributed by atoms with Crippen LogP contribution in [0.25, 0.3) is 0 Å². The minimum Gasteiger partial charge on any atom is -0.454 e. The van der Waals surface area contributed by atoms with Crippen LogP contribution in [0, 0.1) is 0 Å². The van der Waals surface area contributed by atoms with Crippen molar-refractivity contribution in [1.82, 2.24) is 0 Å². The first-order valence-corrected chi connectivity index (χ1v) is 6.92. The van der Waals surface area contributed by atoms with E-state index in [1.54, 1.807) is 24.3 Å². The van der Waals surface area contributed by atoms with Crippen LogP contribution in [-0.4, -0.2) is 24.5 Å². The molecule has 6 heteroatoms. The molecule has 22 heavy (non-hydrogen) atoms. The fraction of sp³-hybridized carbons (Fsp3) is 0.188. The Morgan fingerprint density at radius 1 is 1.09 bits per heavy atom. The number of para-hydroxylation sites is 1. The van der Waals surface area contributed by atoms with Crippen LogP contribution in [-0.2, 0) is 6.42 Å². The maximum Gasteiger partial charge on any atom is 0.323 e. The van der Waals surface area contributed by atoms with Crippen LogP contribution in [0.3, 0.4) is 0 Å². The molecule has 0 unspecified atom stereocenters. The third-order valence-corrected chi connectivity index (χ3v) is 3.28. The Bertz CT molecular complexity index is 688. The van der Waals surface area contributed by atoms with Crippen LogP contribution >= 0.6 is 0 Å². The molecular formula is C16H16N2O4. The van der Waals surface area contributed by atoms with Gasteiger partial charge in [-0.2, -0.15) is 0 Å². The van der Waals surface area contributed by atoms with E-state index in [4.69, 9.17) is 14.6 Å². The van der Waals surface area contributed by atoms with Crippen LogP contribution in [0.15, 0.2) is 42.5 Å². The minimum atomic E-state index is -0.357. The number of rotatable bonds is 4. The molecule has 0 aliphatic carbocycles. The van der Waals surface area contributed by atoms with Crippen molar-refractivity contribution >= 4 is 17.4 Å². The van der Waals surface area contributed by atoms with Gasteiger partial charge in [0.25, 0.3) is 0 Å². The highest BCUT2D eigenvalue weighted by molar-refractivity contribution is 6.00. The molecule has 0 fully saturated rings. The molecule has 6 nitrogen and oxygen atoms in total. The van der Waals surface area contributed by atoms with Crippen molar-refractivity contribution in [3.63, 3.8) is 0 Å². The number of fused-ring (bicyclic) bond motifs is 1. The van der Waals surface area contributed by atoms with Crippen molar-refractivity contribution in [3.8, 4) is 11.5 Å². The SMILES string of the molecule is O=C(Nc1ccc2c(c1)OCO2)Nc1ccccc1CCO. The van der Waals surface area contributed by atoms with Gasteiger partial charge in [0.05, 0.1) is 0 Å². The number of benzene rings is 2. The number of anilines is 2. The van der Waals surface area contributed by atoms with Crippen LogP contribution in [0.2, 0.25) is 0 Å². The van der Waals surface area contributed by atoms with Crippen molar-refractivity contribution in [1.29, 1.82) is 0 Å². The van der Waals surface area contributed by atoms with Gasteiger partial charge in [-0.1, -0.05) is 18.2 Å². The second-order valence-corrected chi connectivity index (χ2v) is 4.78. The summed E-state index contributed by atoms with van der Waals surface area (Å²) in [5, 5.41) is 14.6. The quantitative estimate of drug-likeness (QED) is 0.811. The van der Waals surface area contributed by atoms with E-state index in [9.17, 15) is 4.79 Å².